The van der Waals surface area contributed by atoms with Gasteiger partial charge in [0.15, 0.2) is 6.10 Å². The van der Waals surface area contributed by atoms with Gasteiger partial charge < -0.3 is 29.5 Å². The van der Waals surface area contributed by atoms with E-state index in [4.69, 9.17) is 14.2 Å². The second kappa shape index (κ2) is 16.5. The van der Waals surface area contributed by atoms with Gasteiger partial charge in [0, 0.05) is 31.9 Å². The number of anilines is 1. The van der Waals surface area contributed by atoms with Gasteiger partial charge in [-0.2, -0.15) is 0 Å². The zero-order valence-electron chi connectivity index (χ0n) is 24.8. The van der Waals surface area contributed by atoms with Gasteiger partial charge in [-0.3, -0.25) is 0 Å². The molecule has 3 rings (SSSR count). The molecule has 0 aromatic heterocycles. The second-order valence-corrected chi connectivity index (χ2v) is 10.2. The largest absolute Gasteiger partial charge is 0.492 e. The molecule has 0 saturated carbocycles. The van der Waals surface area contributed by atoms with Crippen LogP contribution < -0.4 is 10.1 Å². The first-order valence-corrected chi connectivity index (χ1v) is 14.2. The Balaban J connectivity index is 1.57. The number of benzene rings is 3. The highest BCUT2D eigenvalue weighted by molar-refractivity contribution is 5.91. The van der Waals surface area contributed by atoms with E-state index >= 15 is 0 Å². The van der Waals surface area contributed by atoms with Crippen molar-refractivity contribution in [3.63, 3.8) is 0 Å². The summed E-state index contributed by atoms with van der Waals surface area (Å²) in [7, 11) is 0. The van der Waals surface area contributed by atoms with Gasteiger partial charge in [0.2, 0.25) is 0 Å². The maximum atomic E-state index is 13.3. The van der Waals surface area contributed by atoms with Crippen molar-refractivity contribution in [1.82, 2.24) is 4.90 Å². The number of rotatable bonds is 16. The molecule has 0 saturated heterocycles. The van der Waals surface area contributed by atoms with E-state index in [1.807, 2.05) is 45.0 Å². The van der Waals surface area contributed by atoms with Gasteiger partial charge in [-0.05, 0) is 80.6 Å². The minimum absolute atomic E-state index is 0.224. The summed E-state index contributed by atoms with van der Waals surface area (Å²) in [6, 6.07) is 17.2. The first kappa shape index (κ1) is 32.6. The number of carboxylic acid groups (broad SMARTS) is 1. The highest BCUT2D eigenvalue weighted by atomic mass is 19.1. The Morgan fingerprint density at radius 1 is 0.929 bits per heavy atom. The molecule has 0 aliphatic heterocycles. The number of nitrogens with zero attached hydrogens (tertiary/aromatic N) is 1. The Labute approximate surface area is 247 Å². The van der Waals surface area contributed by atoms with Crippen molar-refractivity contribution < 1.29 is 33.3 Å². The van der Waals surface area contributed by atoms with Crippen molar-refractivity contribution in [2.24, 2.45) is 0 Å². The normalized spacial score (nSPS) is 11.6. The lowest BCUT2D eigenvalue weighted by Crippen LogP contribution is -2.39. The monoisotopic (exact) mass is 580 g/mol. The maximum absolute atomic E-state index is 13.3. The topological polar surface area (TPSA) is 97.3 Å². The molecular formula is C33H41FN2O6. The molecule has 0 heterocycles. The molecule has 3 aromatic rings. The maximum Gasteiger partial charge on any atom is 0.333 e. The van der Waals surface area contributed by atoms with Crippen LogP contribution in [0.25, 0.3) is 0 Å². The molecule has 1 atom stereocenters. The summed E-state index contributed by atoms with van der Waals surface area (Å²) in [4.78, 5) is 26.4. The van der Waals surface area contributed by atoms with Gasteiger partial charge in [0.25, 0.3) is 0 Å². The Hall–Kier alpha value is -3.95. The Morgan fingerprint density at radius 2 is 1.57 bits per heavy atom. The fourth-order valence-electron chi connectivity index (χ4n) is 4.63. The lowest BCUT2D eigenvalue weighted by atomic mass is 10.1. The average Bonchev–Trinajstić information content (AvgIpc) is 2.95. The summed E-state index contributed by atoms with van der Waals surface area (Å²) in [6.45, 7) is 9.94. The molecule has 9 heteroatoms. The molecule has 8 nitrogen and oxygen atoms in total. The van der Waals surface area contributed by atoms with E-state index in [0.29, 0.717) is 45.1 Å². The molecule has 2 amide bonds. The highest BCUT2D eigenvalue weighted by Gasteiger charge is 2.18. The minimum Gasteiger partial charge on any atom is -0.492 e. The summed E-state index contributed by atoms with van der Waals surface area (Å²) in [5, 5.41) is 12.4. The molecule has 0 bridgehead atoms. The van der Waals surface area contributed by atoms with Crippen LogP contribution in [0.2, 0.25) is 0 Å². The van der Waals surface area contributed by atoms with Crippen molar-refractivity contribution in [3.8, 4) is 5.75 Å². The van der Waals surface area contributed by atoms with Gasteiger partial charge in [-0.1, -0.05) is 42.0 Å². The predicted molar refractivity (Wildman–Crippen MR) is 161 cm³/mol. The van der Waals surface area contributed by atoms with Gasteiger partial charge in [0.1, 0.15) is 18.2 Å². The highest BCUT2D eigenvalue weighted by Crippen LogP contribution is 2.22. The van der Waals surface area contributed by atoms with Crippen LogP contribution in [-0.4, -0.2) is 61.0 Å². The zero-order chi connectivity index (χ0) is 30.5. The lowest BCUT2D eigenvalue weighted by Gasteiger charge is -2.24. The molecule has 1 unspecified atom stereocenters. The van der Waals surface area contributed by atoms with E-state index in [0.717, 1.165) is 33.5 Å². The summed E-state index contributed by atoms with van der Waals surface area (Å²) < 4.78 is 30.1. The number of carbonyl (C=O) groups is 2. The van der Waals surface area contributed by atoms with Crippen LogP contribution in [0.15, 0.2) is 60.7 Å². The van der Waals surface area contributed by atoms with Gasteiger partial charge in [-0.15, -0.1) is 0 Å². The third-order valence-electron chi connectivity index (χ3n) is 6.71. The molecule has 0 aliphatic rings. The van der Waals surface area contributed by atoms with E-state index in [1.165, 1.54) is 12.1 Å². The minimum atomic E-state index is -0.993. The number of halogens is 1. The Kier molecular flexibility index (Phi) is 12.8. The number of hydrogen-bond donors (Lipinski definition) is 2. The molecule has 0 aliphatic carbocycles. The fourth-order valence-corrected chi connectivity index (χ4v) is 4.63. The number of hydrogen-bond acceptors (Lipinski definition) is 5. The van der Waals surface area contributed by atoms with Crippen LogP contribution in [0.1, 0.15) is 41.2 Å². The summed E-state index contributed by atoms with van der Waals surface area (Å²) in [5.41, 5.74) is 5.63. The molecule has 42 heavy (non-hydrogen) atoms. The smallest absolute Gasteiger partial charge is 0.333 e. The quantitative estimate of drug-likeness (QED) is 0.193. The Morgan fingerprint density at radius 3 is 2.19 bits per heavy atom. The first-order valence-electron chi connectivity index (χ1n) is 14.2. The molecule has 0 spiro atoms. The summed E-state index contributed by atoms with van der Waals surface area (Å²) in [5.74, 6) is -0.659. The number of carbonyl (C=O) groups excluding carboxylic acids is 1. The number of aryl methyl sites for hydroxylation is 3. The first-order chi connectivity index (χ1) is 20.2. The summed E-state index contributed by atoms with van der Waals surface area (Å²) in [6.07, 6.45) is -0.0209. The number of aliphatic carboxylic acids is 1. The molecule has 2 N–H and O–H groups in total. The number of nitrogens with one attached hydrogen (secondary N) is 1. The number of ether oxygens (including phenoxy) is 3. The van der Waals surface area contributed by atoms with Crippen molar-refractivity contribution >= 4 is 17.7 Å². The third-order valence-corrected chi connectivity index (χ3v) is 6.71. The van der Waals surface area contributed by atoms with Crippen LogP contribution in [0, 0.1) is 26.6 Å². The van der Waals surface area contributed by atoms with Crippen molar-refractivity contribution in [2.45, 2.75) is 53.2 Å². The van der Waals surface area contributed by atoms with Crippen molar-refractivity contribution in [1.29, 1.82) is 0 Å². The van der Waals surface area contributed by atoms with Crippen LogP contribution in [0.4, 0.5) is 14.9 Å². The van der Waals surface area contributed by atoms with Crippen LogP contribution in [0.5, 0.6) is 5.75 Å². The standard InChI is InChI=1S/C33H41FN2O6/c1-5-41-30(32(37)38)21-26-9-13-29(14-10-26)42-18-16-36(15-6-17-40-22-27-7-11-28(34)12-8-27)33(39)35-31-24(3)19-23(2)20-25(31)4/h7-14,19-20,30H,5-6,15-18,21-22H2,1-4H3,(H,35,39)(H,37,38). The molecule has 3 aromatic carbocycles. The Bertz CT molecular complexity index is 1270. The number of amides is 2. The molecular weight excluding hydrogens is 539 g/mol. The molecule has 0 radical (unpaired) electrons. The van der Waals surface area contributed by atoms with E-state index < -0.39 is 12.1 Å². The van der Waals surface area contributed by atoms with E-state index in [2.05, 4.69) is 5.32 Å². The third kappa shape index (κ3) is 10.5. The van der Waals surface area contributed by atoms with Crippen LogP contribution in [0.3, 0.4) is 0 Å². The predicted octanol–water partition coefficient (Wildman–Crippen LogP) is 6.30. The van der Waals surface area contributed by atoms with E-state index in [1.54, 1.807) is 36.1 Å². The SMILES string of the molecule is CCOC(Cc1ccc(OCCN(CCCOCc2ccc(F)cc2)C(=O)Nc2c(C)cc(C)cc2C)cc1)C(=O)O. The van der Waals surface area contributed by atoms with Gasteiger partial charge >= 0.3 is 12.0 Å². The zero-order valence-corrected chi connectivity index (χ0v) is 24.8. The van der Waals surface area contributed by atoms with Gasteiger partial charge in [-0.25, -0.2) is 14.0 Å². The van der Waals surface area contributed by atoms with Crippen molar-refractivity contribution in [2.75, 3.05) is 38.2 Å². The average molecular weight is 581 g/mol. The second-order valence-electron chi connectivity index (χ2n) is 10.2. The molecule has 226 valence electrons. The fraction of sp³-hybridized carbons (Fsp3) is 0.394. The lowest BCUT2D eigenvalue weighted by molar-refractivity contribution is -0.149. The van der Waals surface area contributed by atoms with E-state index in [9.17, 15) is 19.1 Å². The van der Waals surface area contributed by atoms with Crippen molar-refractivity contribution in [3.05, 3.63) is 94.3 Å². The summed E-state index contributed by atoms with van der Waals surface area (Å²) >= 11 is 0. The van der Waals surface area contributed by atoms with Crippen LogP contribution >= 0.6 is 0 Å². The van der Waals surface area contributed by atoms with E-state index in [-0.39, 0.29) is 24.9 Å². The van der Waals surface area contributed by atoms with Crippen LogP contribution in [-0.2, 0) is 27.3 Å². The number of urea groups is 1. The molecule has 0 fully saturated rings. The number of carboxylic acids is 1. The van der Waals surface area contributed by atoms with Gasteiger partial charge in [0.05, 0.1) is 13.2 Å².